The number of nitrogens with one attached hydrogen (secondary N) is 5. The van der Waals surface area contributed by atoms with Crippen LogP contribution in [0.15, 0.2) is 24.3 Å². The van der Waals surface area contributed by atoms with Crippen molar-refractivity contribution in [3.05, 3.63) is 29.8 Å². The number of carbonyl (C=O) groups is 8. The summed E-state index contributed by atoms with van der Waals surface area (Å²) in [6.07, 6.45) is -7.18. The summed E-state index contributed by atoms with van der Waals surface area (Å²) in [5.74, 6) is -8.67. The molecule has 4 rings (SSSR count). The summed E-state index contributed by atoms with van der Waals surface area (Å²) >= 11 is 0. The number of nitrogens with zero attached hydrogens (tertiary/aromatic N) is 2. The number of unbranched alkanes of at least 4 members (excludes halogenated alkanes) is 5. The van der Waals surface area contributed by atoms with Crippen LogP contribution in [0.1, 0.15) is 136 Å². The van der Waals surface area contributed by atoms with Gasteiger partial charge in [-0.3, -0.25) is 38.4 Å². The third-order valence-electron chi connectivity index (χ3n) is 14.6. The topological polar surface area (TPSA) is 391 Å². The van der Waals surface area contributed by atoms with Crippen LogP contribution >= 0.6 is 0 Å². The Morgan fingerprint density at radius 3 is 1.99 bits per heavy atom. The van der Waals surface area contributed by atoms with Crippen molar-refractivity contribution in [2.24, 2.45) is 23.5 Å². The fraction of sp³-hybridized carbons (Fsp3) is 0.725. The molecule has 0 spiro atoms. The van der Waals surface area contributed by atoms with Crippen molar-refractivity contribution in [2.45, 2.75) is 204 Å². The second-order valence-corrected chi connectivity index (χ2v) is 21.0. The predicted molar refractivity (Wildman–Crippen MR) is 269 cm³/mol. The van der Waals surface area contributed by atoms with Gasteiger partial charge in [0, 0.05) is 44.7 Å². The van der Waals surface area contributed by atoms with E-state index in [1.165, 1.54) is 37.6 Å². The van der Waals surface area contributed by atoms with E-state index >= 15 is 0 Å². The van der Waals surface area contributed by atoms with E-state index in [0.29, 0.717) is 24.7 Å². The zero-order valence-corrected chi connectivity index (χ0v) is 43.7. The number of fused-ring (bicyclic) bond motifs is 2. The summed E-state index contributed by atoms with van der Waals surface area (Å²) in [7, 11) is 0. The Hall–Kier alpha value is -5.50. The zero-order chi connectivity index (χ0) is 55.8. The van der Waals surface area contributed by atoms with E-state index in [1.807, 2.05) is 0 Å². The number of nitrogens with two attached hydrogens (primary N) is 1. The first kappa shape index (κ1) is 62.0. The molecule has 1 aromatic rings. The molecule has 0 aliphatic carbocycles. The second kappa shape index (κ2) is 29.1. The number of rotatable bonds is 20. The lowest BCUT2D eigenvalue weighted by Crippen LogP contribution is -2.62. The van der Waals surface area contributed by atoms with Gasteiger partial charge in [0.1, 0.15) is 48.1 Å². The maximum Gasteiger partial charge on any atom is 0.248 e. The molecule has 24 heteroatoms. The molecule has 3 aliphatic heterocycles. The molecule has 0 radical (unpaired) electrons. The van der Waals surface area contributed by atoms with Crippen LogP contribution in [0, 0.1) is 17.8 Å². The molecule has 3 fully saturated rings. The lowest BCUT2D eigenvalue weighted by molar-refractivity contribution is -0.148. The first-order valence-corrected chi connectivity index (χ1v) is 26.3. The summed E-state index contributed by atoms with van der Waals surface area (Å²) in [4.78, 5) is 113. The molecule has 24 nitrogen and oxygen atoms in total. The van der Waals surface area contributed by atoms with Gasteiger partial charge in [0.15, 0.2) is 6.23 Å². The van der Waals surface area contributed by atoms with Crippen LogP contribution in [0.25, 0.3) is 0 Å². The van der Waals surface area contributed by atoms with Gasteiger partial charge in [-0.2, -0.15) is 0 Å². The minimum absolute atomic E-state index is 0.0621. The number of benzene rings is 1. The number of aromatic hydroxyl groups is 1. The Kier molecular flexibility index (Phi) is 24.1. The molecule has 0 aromatic heterocycles. The van der Waals surface area contributed by atoms with Gasteiger partial charge in [-0.25, -0.2) is 0 Å². The van der Waals surface area contributed by atoms with Gasteiger partial charge in [0.25, 0.3) is 0 Å². The highest BCUT2D eigenvalue weighted by atomic mass is 16.3. The number of primary amides is 1. The first-order chi connectivity index (χ1) is 35.3. The lowest BCUT2D eigenvalue weighted by atomic mass is 9.91. The van der Waals surface area contributed by atoms with Gasteiger partial charge in [-0.15, -0.1) is 0 Å². The molecule has 0 saturated carbocycles. The Morgan fingerprint density at radius 1 is 0.747 bits per heavy atom. The molecule has 3 saturated heterocycles. The third kappa shape index (κ3) is 18.1. The monoisotopic (exact) mass is 1060 g/mol. The fourth-order valence-corrected chi connectivity index (χ4v) is 9.96. The molecule has 16 atom stereocenters. The van der Waals surface area contributed by atoms with Crippen LogP contribution in [-0.2, 0) is 38.4 Å². The first-order valence-electron chi connectivity index (χ1n) is 26.3. The molecular weight excluding hydrogens is 981 g/mol. The SMILES string of the molecule is CCC(C)CC(C)CCCCCCCCC(=O)N[C@@H]1C[C@@H](O)[C@@H](O)NC(=O)[C@@H]2[C@@H](O)[C@@H](C)CN2C(=O)[C@H]([C@H](O)CC(N)=O)NC(=O)[C@H](C[C@@H](O)c2ccc(O)cc2)NC(=O)[C@@H]2C[C@@H](O)CN2C(=O)[C@H]([C@@H](C)O)NC1=O. The summed E-state index contributed by atoms with van der Waals surface area (Å²) in [6.45, 7) is 8.37. The molecule has 1 aromatic carbocycles. The molecule has 3 heterocycles. The van der Waals surface area contributed by atoms with E-state index in [0.717, 1.165) is 55.2 Å². The van der Waals surface area contributed by atoms with Gasteiger partial charge in [-0.1, -0.05) is 84.8 Å². The summed E-state index contributed by atoms with van der Waals surface area (Å²) < 4.78 is 0. The maximum atomic E-state index is 14.5. The smallest absolute Gasteiger partial charge is 0.248 e. The van der Waals surface area contributed by atoms with E-state index in [-0.39, 0.29) is 17.7 Å². The van der Waals surface area contributed by atoms with Gasteiger partial charge in [0.05, 0.1) is 36.9 Å². The minimum Gasteiger partial charge on any atom is -0.508 e. The summed E-state index contributed by atoms with van der Waals surface area (Å²) in [6, 6.07) is -6.05. The molecule has 0 bridgehead atoms. The highest BCUT2D eigenvalue weighted by molar-refractivity contribution is 5.98. The van der Waals surface area contributed by atoms with Crippen molar-refractivity contribution >= 4 is 47.3 Å². The number of amides is 8. The summed E-state index contributed by atoms with van der Waals surface area (Å²) in [5, 5.41) is 99.7. The van der Waals surface area contributed by atoms with Crippen LogP contribution < -0.4 is 32.3 Å². The molecule has 15 N–H and O–H groups in total. The third-order valence-corrected chi connectivity index (χ3v) is 14.6. The second-order valence-electron chi connectivity index (χ2n) is 21.0. The molecule has 3 aliphatic rings. The van der Waals surface area contributed by atoms with Gasteiger partial charge in [-0.05, 0) is 49.3 Å². The Labute approximate surface area is 437 Å². The van der Waals surface area contributed by atoms with Crippen molar-refractivity contribution in [1.82, 2.24) is 36.4 Å². The summed E-state index contributed by atoms with van der Waals surface area (Å²) in [5.41, 5.74) is 5.50. The number of aliphatic hydroxyl groups is 7. The van der Waals surface area contributed by atoms with Crippen molar-refractivity contribution in [3.63, 3.8) is 0 Å². The molecule has 2 unspecified atom stereocenters. The van der Waals surface area contributed by atoms with Crippen LogP contribution in [0.5, 0.6) is 5.75 Å². The van der Waals surface area contributed by atoms with Crippen LogP contribution in [0.4, 0.5) is 0 Å². The fourth-order valence-electron chi connectivity index (χ4n) is 9.96. The average molecular weight is 1060 g/mol. The maximum absolute atomic E-state index is 14.5. The van der Waals surface area contributed by atoms with E-state index in [4.69, 9.17) is 5.73 Å². The van der Waals surface area contributed by atoms with Crippen molar-refractivity contribution in [3.8, 4) is 5.75 Å². The molecule has 8 amide bonds. The highest BCUT2D eigenvalue weighted by Crippen LogP contribution is 2.28. The zero-order valence-electron chi connectivity index (χ0n) is 43.7. The number of hydrogen-bond acceptors (Lipinski definition) is 16. The van der Waals surface area contributed by atoms with E-state index in [2.05, 4.69) is 47.4 Å². The predicted octanol–water partition coefficient (Wildman–Crippen LogP) is -2.07. The van der Waals surface area contributed by atoms with E-state index in [9.17, 15) is 79.2 Å². The highest BCUT2D eigenvalue weighted by Gasteiger charge is 2.50. The normalized spacial score (nSPS) is 29.6. The minimum atomic E-state index is -2.26. The Balaban J connectivity index is 1.69. The van der Waals surface area contributed by atoms with Gasteiger partial charge >= 0.3 is 0 Å². The van der Waals surface area contributed by atoms with Crippen molar-refractivity contribution in [2.75, 3.05) is 13.1 Å². The van der Waals surface area contributed by atoms with Crippen molar-refractivity contribution < 1.29 is 79.2 Å². The van der Waals surface area contributed by atoms with Crippen molar-refractivity contribution in [1.29, 1.82) is 0 Å². The molecule has 75 heavy (non-hydrogen) atoms. The number of phenolic OH excluding ortho intramolecular Hbond substituents is 1. The molecular formula is C51H82N8O16. The van der Waals surface area contributed by atoms with E-state index in [1.54, 1.807) is 0 Å². The number of phenols is 1. The number of aliphatic hydroxyl groups excluding tert-OH is 7. The van der Waals surface area contributed by atoms with Crippen LogP contribution in [0.3, 0.4) is 0 Å². The van der Waals surface area contributed by atoms with Crippen LogP contribution in [0.2, 0.25) is 0 Å². The Bertz CT molecular complexity index is 2100. The quantitative estimate of drug-likeness (QED) is 0.0624. The van der Waals surface area contributed by atoms with Gasteiger partial charge < -0.3 is 83.0 Å². The van der Waals surface area contributed by atoms with Gasteiger partial charge in [0.2, 0.25) is 47.3 Å². The largest absolute Gasteiger partial charge is 0.508 e. The van der Waals surface area contributed by atoms with E-state index < -0.39 is 171 Å². The Morgan fingerprint density at radius 2 is 1.36 bits per heavy atom. The molecule has 422 valence electrons. The number of hydrogen-bond donors (Lipinski definition) is 14. The lowest BCUT2D eigenvalue weighted by Gasteiger charge is -2.33. The standard InChI is InChI=1S/C51H82N8O16/c1-6-26(2)19-27(3)13-11-9-7-8-10-12-14-40(67)53-33-22-38(65)48(72)57-49(73)43-44(68)28(4)24-59(43)51(75)42(37(64)23-39(52)66)56-46(70)34(21-36(63)30-15-17-31(61)18-16-30)54-47(71)35-20-32(62)25-58(35)50(74)41(29(5)60)55-45(33)69/h15-18,26-29,32-38,41-44,48,60-65,68,72H,6-14,19-25H2,1-5H3,(H2,52,66)(H,53,67)(H,54,71)(H,55,69)(H,56,70)(H,57,73)/t26?,27?,28-,29+,32+,33+,34-,35-,36+,37+,38+,41-,42-,43-,44-,48+/m0/s1. The average Bonchev–Trinajstić information content (AvgIpc) is 3.89. The van der Waals surface area contributed by atoms with Crippen LogP contribution in [-0.4, -0.2) is 184 Å². The number of carbonyl (C=O) groups excluding carboxylic acids is 8.